The van der Waals surface area contributed by atoms with Gasteiger partial charge in [0.2, 0.25) is 0 Å². The number of rotatable bonds is 6. The van der Waals surface area contributed by atoms with Crippen LogP contribution in [0.15, 0.2) is 59.8 Å². The molecule has 1 unspecified atom stereocenters. The maximum atomic E-state index is 6.45. The first-order chi connectivity index (χ1) is 13.5. The lowest BCUT2D eigenvalue weighted by molar-refractivity contribution is -0.669. The fourth-order valence-corrected chi connectivity index (χ4v) is 4.38. The zero-order valence-corrected chi connectivity index (χ0v) is 17.9. The number of pyridine rings is 1. The summed E-state index contributed by atoms with van der Waals surface area (Å²) >= 11 is 1.77. The number of hydrogen-bond acceptors (Lipinski definition) is 3. The number of ether oxygens (including phenoxy) is 1. The number of benzene rings is 2. The van der Waals surface area contributed by atoms with E-state index >= 15 is 0 Å². The molecule has 28 heavy (non-hydrogen) atoms. The molecule has 1 aromatic heterocycles. The quantitative estimate of drug-likeness (QED) is 0.486. The zero-order valence-electron chi connectivity index (χ0n) is 17.1. The second kappa shape index (κ2) is 8.14. The largest absolute Gasteiger partial charge is 0.490 e. The van der Waals surface area contributed by atoms with E-state index in [2.05, 4.69) is 91.9 Å². The van der Waals surface area contributed by atoms with Crippen molar-refractivity contribution in [2.45, 2.75) is 24.8 Å². The van der Waals surface area contributed by atoms with Crippen LogP contribution in [-0.4, -0.2) is 25.4 Å². The van der Waals surface area contributed by atoms with Crippen molar-refractivity contribution in [2.75, 3.05) is 19.3 Å². The molecule has 3 nitrogen and oxygen atoms in total. The van der Waals surface area contributed by atoms with Crippen molar-refractivity contribution < 1.29 is 9.30 Å². The smallest absolute Gasteiger partial charge is 0.177 e. The van der Waals surface area contributed by atoms with Crippen molar-refractivity contribution in [3.05, 3.63) is 54.9 Å². The number of thioether (sulfide) groups is 1. The van der Waals surface area contributed by atoms with E-state index in [1.165, 1.54) is 26.8 Å². The van der Waals surface area contributed by atoms with E-state index < -0.39 is 0 Å². The van der Waals surface area contributed by atoms with Crippen molar-refractivity contribution in [2.24, 2.45) is 18.9 Å². The van der Waals surface area contributed by atoms with Gasteiger partial charge in [0.05, 0.1) is 5.56 Å². The molecule has 0 saturated carbocycles. The van der Waals surface area contributed by atoms with E-state index in [1.54, 1.807) is 11.8 Å². The molecule has 1 N–H and O–H groups in total. The van der Waals surface area contributed by atoms with Gasteiger partial charge in [0, 0.05) is 34.7 Å². The summed E-state index contributed by atoms with van der Waals surface area (Å²) in [5, 5.41) is 5.84. The lowest BCUT2D eigenvalue weighted by Gasteiger charge is -2.37. The summed E-state index contributed by atoms with van der Waals surface area (Å²) in [6, 6.07) is 15.3. The van der Waals surface area contributed by atoms with E-state index in [9.17, 15) is 0 Å². The van der Waals surface area contributed by atoms with Crippen molar-refractivity contribution in [1.82, 2.24) is 5.32 Å². The van der Waals surface area contributed by atoms with Crippen molar-refractivity contribution >= 4 is 22.5 Å². The average Bonchev–Trinajstić information content (AvgIpc) is 2.65. The van der Waals surface area contributed by atoms with Crippen LogP contribution in [0.2, 0.25) is 0 Å². The molecular weight excluding hydrogens is 364 g/mol. The molecular formula is C24H29N2OS+. The van der Waals surface area contributed by atoms with Crippen LogP contribution in [-0.2, 0) is 7.05 Å². The molecule has 146 valence electrons. The van der Waals surface area contributed by atoms with Gasteiger partial charge in [0.1, 0.15) is 18.9 Å². The Bertz CT molecular complexity index is 964. The Morgan fingerprint density at radius 2 is 1.82 bits per heavy atom. The Balaban J connectivity index is 1.69. The summed E-state index contributed by atoms with van der Waals surface area (Å²) in [7, 11) is 2.09. The van der Waals surface area contributed by atoms with Gasteiger partial charge in [-0.15, -0.1) is 11.8 Å². The number of hydrogen-bond donors (Lipinski definition) is 1. The summed E-state index contributed by atoms with van der Waals surface area (Å²) in [5.74, 6) is 2.07. The van der Waals surface area contributed by atoms with Crippen molar-refractivity contribution in [1.29, 1.82) is 0 Å². The van der Waals surface area contributed by atoms with E-state index in [-0.39, 0.29) is 6.10 Å². The van der Waals surface area contributed by atoms with Gasteiger partial charge in [0.15, 0.2) is 12.4 Å². The summed E-state index contributed by atoms with van der Waals surface area (Å²) in [6.07, 6.45) is 6.75. The molecule has 2 heterocycles. The zero-order chi connectivity index (χ0) is 19.7. The third-order valence-corrected chi connectivity index (χ3v) is 6.34. The van der Waals surface area contributed by atoms with Gasteiger partial charge in [-0.3, -0.25) is 0 Å². The Morgan fingerprint density at radius 1 is 1.07 bits per heavy atom. The molecule has 1 atom stereocenters. The average molecular weight is 394 g/mol. The second-order valence-electron chi connectivity index (χ2n) is 8.06. The van der Waals surface area contributed by atoms with Crippen LogP contribution in [0.5, 0.6) is 5.75 Å². The maximum Gasteiger partial charge on any atom is 0.177 e. The predicted molar refractivity (Wildman–Crippen MR) is 118 cm³/mol. The van der Waals surface area contributed by atoms with Crippen LogP contribution in [0, 0.1) is 11.8 Å². The van der Waals surface area contributed by atoms with Gasteiger partial charge in [-0.05, 0) is 48.1 Å². The molecule has 4 rings (SSSR count). The minimum absolute atomic E-state index is 0.259. The Kier molecular flexibility index (Phi) is 5.61. The number of fused-ring (bicyclic) bond motifs is 1. The van der Waals surface area contributed by atoms with Crippen LogP contribution < -0.4 is 14.6 Å². The minimum atomic E-state index is 0.259. The summed E-state index contributed by atoms with van der Waals surface area (Å²) < 4.78 is 8.59. The molecule has 1 saturated heterocycles. The molecule has 0 aliphatic carbocycles. The van der Waals surface area contributed by atoms with E-state index in [0.717, 1.165) is 18.8 Å². The molecule has 2 aromatic carbocycles. The highest BCUT2D eigenvalue weighted by Gasteiger charge is 2.31. The minimum Gasteiger partial charge on any atom is -0.490 e. The van der Waals surface area contributed by atoms with Crippen molar-refractivity contribution in [3.63, 3.8) is 0 Å². The Labute approximate surface area is 172 Å². The number of nitrogens with one attached hydrogen (secondary N) is 1. The number of aryl methyl sites for hydroxylation is 1. The highest BCUT2D eigenvalue weighted by molar-refractivity contribution is 7.98. The first-order valence-electron chi connectivity index (χ1n) is 10.00. The van der Waals surface area contributed by atoms with Gasteiger partial charge < -0.3 is 10.1 Å². The van der Waals surface area contributed by atoms with Crippen LogP contribution >= 0.6 is 11.8 Å². The van der Waals surface area contributed by atoms with Crippen LogP contribution in [0.1, 0.15) is 13.8 Å². The molecule has 0 bridgehead atoms. The molecule has 1 fully saturated rings. The number of nitrogens with zero attached hydrogens (tertiary/aromatic N) is 1. The molecule has 0 spiro atoms. The van der Waals surface area contributed by atoms with Gasteiger partial charge in [-0.2, -0.15) is 0 Å². The lowest BCUT2D eigenvalue weighted by Crippen LogP contribution is -2.52. The van der Waals surface area contributed by atoms with Crippen LogP contribution in [0.4, 0.5) is 0 Å². The van der Waals surface area contributed by atoms with Crippen molar-refractivity contribution in [3.8, 4) is 16.9 Å². The van der Waals surface area contributed by atoms with Gasteiger partial charge in [0.25, 0.3) is 0 Å². The summed E-state index contributed by atoms with van der Waals surface area (Å²) in [6.45, 7) is 6.62. The molecule has 1 aliphatic heterocycles. The highest BCUT2D eigenvalue weighted by atomic mass is 32.2. The molecule has 1 aliphatic rings. The third-order valence-electron chi connectivity index (χ3n) is 5.60. The highest BCUT2D eigenvalue weighted by Crippen LogP contribution is 2.32. The van der Waals surface area contributed by atoms with E-state index in [4.69, 9.17) is 4.74 Å². The topological polar surface area (TPSA) is 25.1 Å². The molecule has 3 aromatic rings. The first kappa shape index (κ1) is 19.3. The molecule has 0 amide bonds. The SMILES string of the molecule is CSc1ccc(-c2c[n+](C)cc3cc(OC(C(C)C)C4CNC4)ccc23)cc1. The molecule has 0 radical (unpaired) electrons. The normalized spacial score (nSPS) is 15.6. The van der Waals surface area contributed by atoms with Crippen LogP contribution in [0.25, 0.3) is 21.9 Å². The van der Waals surface area contributed by atoms with E-state index in [0.29, 0.717) is 11.8 Å². The monoisotopic (exact) mass is 393 g/mol. The van der Waals surface area contributed by atoms with Crippen LogP contribution in [0.3, 0.4) is 0 Å². The second-order valence-corrected chi connectivity index (χ2v) is 8.94. The fourth-order valence-electron chi connectivity index (χ4n) is 3.97. The number of aromatic nitrogens is 1. The third kappa shape index (κ3) is 3.89. The van der Waals surface area contributed by atoms with E-state index in [1.807, 2.05) is 0 Å². The predicted octanol–water partition coefficient (Wildman–Crippen LogP) is 4.68. The standard InChI is InChI=1S/C24H29N2OS/c1-16(2)24(19-12-25-13-19)27-20-7-10-22-18(11-20)14-26(3)15-23(22)17-5-8-21(28-4)9-6-17/h5-11,14-16,19,24-25H,12-13H2,1-4H3/q+1. The Morgan fingerprint density at radius 3 is 2.43 bits per heavy atom. The fraction of sp³-hybridized carbons (Fsp3) is 0.375. The molecule has 4 heteroatoms. The Hall–Kier alpha value is -2.04. The summed E-state index contributed by atoms with van der Waals surface area (Å²) in [5.41, 5.74) is 2.50. The summed E-state index contributed by atoms with van der Waals surface area (Å²) in [4.78, 5) is 1.29. The van der Waals surface area contributed by atoms with Gasteiger partial charge >= 0.3 is 0 Å². The van der Waals surface area contributed by atoms with Gasteiger partial charge in [-0.25, -0.2) is 4.57 Å². The lowest BCUT2D eigenvalue weighted by atomic mass is 9.88. The first-order valence-corrected chi connectivity index (χ1v) is 11.2. The maximum absolute atomic E-state index is 6.45. The van der Waals surface area contributed by atoms with Gasteiger partial charge in [-0.1, -0.05) is 26.0 Å².